The number of carbonyl (C=O) groups is 4. The zero-order valence-corrected chi connectivity index (χ0v) is 14.2. The highest BCUT2D eigenvalue weighted by atomic mass is 16.4. The van der Waals surface area contributed by atoms with Crippen molar-refractivity contribution in [2.45, 2.75) is 51.9 Å². The van der Waals surface area contributed by atoms with Crippen molar-refractivity contribution in [3.8, 4) is 0 Å². The van der Waals surface area contributed by atoms with Gasteiger partial charge >= 0.3 is 5.97 Å². The second kappa shape index (κ2) is 9.83. The maximum absolute atomic E-state index is 12.0. The Bertz CT molecular complexity index is 480. The highest BCUT2D eigenvalue weighted by Gasteiger charge is 2.29. The van der Waals surface area contributed by atoms with Crippen LogP contribution in [0.5, 0.6) is 0 Å². The van der Waals surface area contributed by atoms with Crippen LogP contribution >= 0.6 is 0 Å². The van der Waals surface area contributed by atoms with Gasteiger partial charge in [-0.1, -0.05) is 13.8 Å². The lowest BCUT2D eigenvalue weighted by Crippen LogP contribution is -2.57. The molecule has 0 saturated carbocycles. The summed E-state index contributed by atoms with van der Waals surface area (Å²) in [7, 11) is 0. The number of hydrogen-bond donors (Lipinski definition) is 6. The van der Waals surface area contributed by atoms with Gasteiger partial charge in [0.05, 0.1) is 12.6 Å². The fourth-order valence-electron chi connectivity index (χ4n) is 1.67. The average Bonchev–Trinajstić information content (AvgIpc) is 2.48. The first-order valence-corrected chi connectivity index (χ1v) is 7.51. The predicted molar refractivity (Wildman–Crippen MR) is 84.7 cm³/mol. The van der Waals surface area contributed by atoms with E-state index < -0.39 is 54.5 Å². The zero-order chi connectivity index (χ0) is 19.0. The summed E-state index contributed by atoms with van der Waals surface area (Å²) in [4.78, 5) is 46.5. The summed E-state index contributed by atoms with van der Waals surface area (Å²) in [6.45, 7) is 5.32. The second-order valence-electron chi connectivity index (χ2n) is 5.83. The molecule has 138 valence electrons. The van der Waals surface area contributed by atoms with E-state index in [9.17, 15) is 24.3 Å². The van der Waals surface area contributed by atoms with E-state index in [-0.39, 0.29) is 5.92 Å². The molecule has 0 heterocycles. The molecule has 0 aromatic rings. The normalized spacial score (nSPS) is 15.8. The minimum absolute atomic E-state index is 0.384. The van der Waals surface area contributed by atoms with Crippen molar-refractivity contribution in [2.75, 3.05) is 6.61 Å². The molecule has 0 bridgehead atoms. The number of amides is 3. The van der Waals surface area contributed by atoms with Crippen molar-refractivity contribution < 1.29 is 29.4 Å². The molecule has 0 saturated heterocycles. The quantitative estimate of drug-likeness (QED) is 0.269. The number of nitrogens with two attached hydrogens (primary N) is 1. The molecule has 0 aromatic carbocycles. The third-order valence-electron chi connectivity index (χ3n) is 3.21. The van der Waals surface area contributed by atoms with Crippen LogP contribution in [0.1, 0.15) is 27.7 Å². The van der Waals surface area contributed by atoms with Gasteiger partial charge in [0.2, 0.25) is 17.7 Å². The molecule has 0 aromatic heterocycles. The monoisotopic (exact) mass is 346 g/mol. The summed E-state index contributed by atoms with van der Waals surface area (Å²) in [5.74, 6) is -3.70. The number of carboxylic acids is 1. The van der Waals surface area contributed by atoms with Gasteiger partial charge in [-0.25, -0.2) is 4.79 Å². The van der Waals surface area contributed by atoms with Gasteiger partial charge in [0.25, 0.3) is 0 Å². The number of aliphatic hydroxyl groups excluding tert-OH is 1. The first-order valence-electron chi connectivity index (χ1n) is 7.51. The molecular weight excluding hydrogens is 320 g/mol. The maximum atomic E-state index is 12.0. The van der Waals surface area contributed by atoms with Crippen LogP contribution in [-0.4, -0.2) is 64.7 Å². The highest BCUT2D eigenvalue weighted by Crippen LogP contribution is 2.02. The van der Waals surface area contributed by atoms with Crippen LogP contribution in [0.4, 0.5) is 0 Å². The third-order valence-corrected chi connectivity index (χ3v) is 3.21. The fourth-order valence-corrected chi connectivity index (χ4v) is 1.67. The largest absolute Gasteiger partial charge is 0.480 e. The maximum Gasteiger partial charge on any atom is 0.326 e. The Morgan fingerprint density at radius 3 is 1.83 bits per heavy atom. The zero-order valence-electron chi connectivity index (χ0n) is 14.2. The van der Waals surface area contributed by atoms with Gasteiger partial charge in [0.1, 0.15) is 18.1 Å². The molecule has 10 heteroatoms. The first-order chi connectivity index (χ1) is 11.0. The Hall–Kier alpha value is -2.20. The molecule has 0 spiro atoms. The van der Waals surface area contributed by atoms with E-state index in [0.717, 1.165) is 0 Å². The Morgan fingerprint density at radius 2 is 1.46 bits per heavy atom. The van der Waals surface area contributed by atoms with Gasteiger partial charge < -0.3 is 31.9 Å². The standard InChI is InChI=1S/C14H26N4O6/c1-6(2)10(14(23)24)18-13(22)9(5-19)17-12(21)8(4)16-11(20)7(3)15/h6-10,19H,5,15H2,1-4H3,(H,16,20)(H,17,21)(H,18,22)(H,23,24). The van der Waals surface area contributed by atoms with Gasteiger partial charge in [0.15, 0.2) is 0 Å². The van der Waals surface area contributed by atoms with Gasteiger partial charge in [-0.2, -0.15) is 0 Å². The highest BCUT2D eigenvalue weighted by molar-refractivity contribution is 5.93. The Morgan fingerprint density at radius 1 is 0.917 bits per heavy atom. The summed E-state index contributed by atoms with van der Waals surface area (Å²) in [5.41, 5.74) is 5.37. The number of nitrogens with one attached hydrogen (secondary N) is 3. The summed E-state index contributed by atoms with van der Waals surface area (Å²) in [6.07, 6.45) is 0. The Labute approximate surface area is 140 Å². The van der Waals surface area contributed by atoms with Crippen molar-refractivity contribution in [2.24, 2.45) is 11.7 Å². The van der Waals surface area contributed by atoms with Gasteiger partial charge in [-0.15, -0.1) is 0 Å². The lowest BCUT2D eigenvalue weighted by atomic mass is 10.0. The Balaban J connectivity index is 4.79. The van der Waals surface area contributed by atoms with E-state index in [1.165, 1.54) is 13.8 Å². The summed E-state index contributed by atoms with van der Waals surface area (Å²) < 4.78 is 0. The lowest BCUT2D eigenvalue weighted by Gasteiger charge is -2.23. The van der Waals surface area contributed by atoms with Crippen LogP contribution in [0.25, 0.3) is 0 Å². The van der Waals surface area contributed by atoms with Gasteiger partial charge in [-0.05, 0) is 19.8 Å². The SMILES string of the molecule is CC(N)C(=O)NC(C)C(=O)NC(CO)C(=O)NC(C(=O)O)C(C)C. The molecule has 3 amide bonds. The van der Waals surface area contributed by atoms with E-state index in [1.807, 2.05) is 0 Å². The van der Waals surface area contributed by atoms with Crippen molar-refractivity contribution in [1.29, 1.82) is 0 Å². The van der Waals surface area contributed by atoms with Gasteiger partial charge in [0, 0.05) is 0 Å². The predicted octanol–water partition coefficient (Wildman–Crippen LogP) is -2.46. The topological polar surface area (TPSA) is 171 Å². The van der Waals surface area contributed by atoms with Crippen LogP contribution in [0.15, 0.2) is 0 Å². The second-order valence-corrected chi connectivity index (χ2v) is 5.83. The van der Waals surface area contributed by atoms with Crippen LogP contribution in [0.2, 0.25) is 0 Å². The van der Waals surface area contributed by atoms with Crippen LogP contribution in [0.3, 0.4) is 0 Å². The molecule has 0 rings (SSSR count). The number of aliphatic hydroxyl groups is 1. The molecule has 0 aliphatic rings. The molecule has 0 fully saturated rings. The van der Waals surface area contributed by atoms with Gasteiger partial charge in [-0.3, -0.25) is 14.4 Å². The van der Waals surface area contributed by atoms with E-state index in [2.05, 4.69) is 16.0 Å². The molecule has 10 nitrogen and oxygen atoms in total. The summed E-state index contributed by atoms with van der Waals surface area (Å²) in [5, 5.41) is 25.1. The van der Waals surface area contributed by atoms with Crippen LogP contribution < -0.4 is 21.7 Å². The average molecular weight is 346 g/mol. The minimum Gasteiger partial charge on any atom is -0.480 e. The van der Waals surface area contributed by atoms with Crippen molar-refractivity contribution in [1.82, 2.24) is 16.0 Å². The molecule has 7 N–H and O–H groups in total. The minimum atomic E-state index is -1.34. The lowest BCUT2D eigenvalue weighted by molar-refractivity contribution is -0.143. The third kappa shape index (κ3) is 6.92. The molecule has 0 radical (unpaired) electrons. The summed E-state index contributed by atoms with van der Waals surface area (Å²) >= 11 is 0. The van der Waals surface area contributed by atoms with E-state index in [4.69, 9.17) is 10.8 Å². The number of rotatable bonds is 9. The number of carboxylic acid groups (broad SMARTS) is 1. The molecule has 0 aliphatic carbocycles. The summed E-state index contributed by atoms with van der Waals surface area (Å²) in [6, 6.07) is -4.28. The fraction of sp³-hybridized carbons (Fsp3) is 0.714. The molecule has 4 atom stereocenters. The smallest absolute Gasteiger partial charge is 0.326 e. The number of aliphatic carboxylic acids is 1. The van der Waals surface area contributed by atoms with Crippen molar-refractivity contribution >= 4 is 23.7 Å². The van der Waals surface area contributed by atoms with E-state index >= 15 is 0 Å². The van der Waals surface area contributed by atoms with Crippen LogP contribution in [0, 0.1) is 5.92 Å². The molecule has 0 aliphatic heterocycles. The molecular formula is C14H26N4O6. The van der Waals surface area contributed by atoms with Crippen LogP contribution in [-0.2, 0) is 19.2 Å². The van der Waals surface area contributed by atoms with E-state index in [0.29, 0.717) is 0 Å². The Kier molecular flexibility index (Phi) is 8.93. The van der Waals surface area contributed by atoms with E-state index in [1.54, 1.807) is 13.8 Å². The molecule has 24 heavy (non-hydrogen) atoms. The molecule has 4 unspecified atom stereocenters. The first kappa shape index (κ1) is 21.8. The van der Waals surface area contributed by atoms with Crippen molar-refractivity contribution in [3.63, 3.8) is 0 Å². The van der Waals surface area contributed by atoms with Crippen molar-refractivity contribution in [3.05, 3.63) is 0 Å². The number of carbonyl (C=O) groups excluding carboxylic acids is 3. The number of hydrogen-bond acceptors (Lipinski definition) is 6.